The van der Waals surface area contributed by atoms with Crippen molar-refractivity contribution in [1.29, 1.82) is 0 Å². The van der Waals surface area contributed by atoms with Gasteiger partial charge in [-0.1, -0.05) is 17.7 Å². The molecule has 0 atom stereocenters. The number of hydrogen-bond donors (Lipinski definition) is 0. The van der Waals surface area contributed by atoms with E-state index in [4.69, 9.17) is 16.3 Å². The van der Waals surface area contributed by atoms with Crippen molar-refractivity contribution in [3.05, 3.63) is 28.5 Å². The van der Waals surface area contributed by atoms with Crippen LogP contribution in [0.4, 0.5) is 4.79 Å². The Labute approximate surface area is 118 Å². The Morgan fingerprint density at radius 1 is 1.42 bits per heavy atom. The number of carbonyl (C=O) groups is 1. The minimum Gasteiger partial charge on any atom is -0.444 e. The van der Waals surface area contributed by atoms with E-state index in [-0.39, 0.29) is 6.09 Å². The van der Waals surface area contributed by atoms with Crippen LogP contribution in [-0.4, -0.2) is 28.1 Å². The highest BCUT2D eigenvalue weighted by atomic mass is 35.5. The zero-order chi connectivity index (χ0) is 14.0. The molecule has 1 aliphatic rings. The lowest BCUT2D eigenvalue weighted by Gasteiger charge is -2.26. The van der Waals surface area contributed by atoms with E-state index in [0.29, 0.717) is 18.2 Å². The number of pyridine rings is 1. The Kier molecular flexibility index (Phi) is 3.99. The number of halogens is 1. The first kappa shape index (κ1) is 14.1. The Morgan fingerprint density at radius 2 is 2.16 bits per heavy atom. The summed E-state index contributed by atoms with van der Waals surface area (Å²) in [7, 11) is 0. The van der Waals surface area contributed by atoms with Crippen LogP contribution in [0.15, 0.2) is 12.1 Å². The van der Waals surface area contributed by atoms with Gasteiger partial charge in [-0.15, -0.1) is 0 Å². The van der Waals surface area contributed by atoms with Crippen LogP contribution in [0.3, 0.4) is 0 Å². The molecule has 5 heteroatoms. The number of hydrogen-bond acceptors (Lipinski definition) is 3. The van der Waals surface area contributed by atoms with E-state index in [0.717, 1.165) is 24.1 Å². The summed E-state index contributed by atoms with van der Waals surface area (Å²) in [6.07, 6.45) is 1.45. The molecule has 1 aromatic rings. The summed E-state index contributed by atoms with van der Waals surface area (Å²) in [5, 5.41) is 0.504. The first-order valence-corrected chi connectivity index (χ1v) is 6.85. The van der Waals surface area contributed by atoms with Gasteiger partial charge in [-0.2, -0.15) is 0 Å². The van der Waals surface area contributed by atoms with Crippen LogP contribution in [0, 0.1) is 0 Å². The third kappa shape index (κ3) is 3.83. The average molecular weight is 283 g/mol. The van der Waals surface area contributed by atoms with Gasteiger partial charge in [-0.25, -0.2) is 9.78 Å². The summed E-state index contributed by atoms with van der Waals surface area (Å²) in [6.45, 7) is 6.84. The lowest BCUT2D eigenvalue weighted by atomic mass is 10.1. The monoisotopic (exact) mass is 282 g/mol. The summed E-state index contributed by atoms with van der Waals surface area (Å²) >= 11 is 5.90. The number of carbonyl (C=O) groups excluding carboxylic acids is 1. The molecule has 0 unspecified atom stereocenters. The summed E-state index contributed by atoms with van der Waals surface area (Å²) in [6, 6.07) is 3.70. The van der Waals surface area contributed by atoms with Crippen LogP contribution >= 0.6 is 11.6 Å². The predicted molar refractivity (Wildman–Crippen MR) is 74.2 cm³/mol. The van der Waals surface area contributed by atoms with Gasteiger partial charge in [0.05, 0.1) is 6.54 Å². The first-order chi connectivity index (χ1) is 8.85. The van der Waals surface area contributed by atoms with Crippen molar-refractivity contribution in [2.45, 2.75) is 45.8 Å². The molecule has 0 fully saturated rings. The largest absolute Gasteiger partial charge is 0.444 e. The Morgan fingerprint density at radius 3 is 2.84 bits per heavy atom. The second-order valence-electron chi connectivity index (χ2n) is 5.75. The fourth-order valence-corrected chi connectivity index (χ4v) is 2.23. The van der Waals surface area contributed by atoms with Gasteiger partial charge in [0.25, 0.3) is 0 Å². The molecule has 0 radical (unpaired) electrons. The highest BCUT2D eigenvalue weighted by molar-refractivity contribution is 6.29. The van der Waals surface area contributed by atoms with E-state index in [1.807, 2.05) is 26.8 Å². The second kappa shape index (κ2) is 5.37. The van der Waals surface area contributed by atoms with Crippen molar-refractivity contribution in [2.75, 3.05) is 6.54 Å². The zero-order valence-electron chi connectivity index (χ0n) is 11.6. The quantitative estimate of drug-likeness (QED) is 0.685. The van der Waals surface area contributed by atoms with Gasteiger partial charge in [0.15, 0.2) is 0 Å². The average Bonchev–Trinajstić information content (AvgIpc) is 2.48. The first-order valence-electron chi connectivity index (χ1n) is 6.47. The molecule has 19 heavy (non-hydrogen) atoms. The molecule has 2 rings (SSSR count). The van der Waals surface area contributed by atoms with Crippen molar-refractivity contribution < 1.29 is 9.53 Å². The number of aryl methyl sites for hydroxylation is 1. The van der Waals surface area contributed by atoms with Gasteiger partial charge in [-0.05, 0) is 45.2 Å². The fraction of sp³-hybridized carbons (Fsp3) is 0.571. The lowest BCUT2D eigenvalue weighted by molar-refractivity contribution is 0.0237. The van der Waals surface area contributed by atoms with Gasteiger partial charge >= 0.3 is 6.09 Å². The summed E-state index contributed by atoms with van der Waals surface area (Å²) in [5.41, 5.74) is 1.57. The van der Waals surface area contributed by atoms with Crippen LogP contribution in [-0.2, 0) is 17.7 Å². The summed E-state index contributed by atoms with van der Waals surface area (Å²) < 4.78 is 5.41. The van der Waals surface area contributed by atoms with Crippen LogP contribution in [0.25, 0.3) is 0 Å². The molecule has 2 heterocycles. The third-order valence-corrected chi connectivity index (χ3v) is 3.10. The zero-order valence-corrected chi connectivity index (χ0v) is 12.3. The van der Waals surface area contributed by atoms with Gasteiger partial charge in [0.2, 0.25) is 0 Å². The molecule has 104 valence electrons. The van der Waals surface area contributed by atoms with E-state index in [9.17, 15) is 4.79 Å². The maximum absolute atomic E-state index is 12.1. The summed E-state index contributed by atoms with van der Waals surface area (Å²) in [5.74, 6) is 0. The molecule has 1 aromatic heterocycles. The number of amides is 1. The summed E-state index contributed by atoms with van der Waals surface area (Å²) in [4.78, 5) is 18.2. The number of fused-ring (bicyclic) bond motifs is 1. The fourth-order valence-electron chi connectivity index (χ4n) is 2.07. The Balaban J connectivity index is 2.13. The number of ether oxygens (including phenoxy) is 1. The van der Waals surface area contributed by atoms with E-state index >= 15 is 0 Å². The molecule has 0 saturated carbocycles. The predicted octanol–water partition coefficient (Wildman–Crippen LogP) is 3.42. The standard InChI is InChI=1S/C14H19ClN2O2/c1-14(2,3)19-13(18)17-8-4-5-11-10(9-17)6-7-12(15)16-11/h6-7H,4-5,8-9H2,1-3H3. The second-order valence-corrected chi connectivity index (χ2v) is 6.13. The molecule has 4 nitrogen and oxygen atoms in total. The third-order valence-electron chi connectivity index (χ3n) is 2.89. The molecule has 0 saturated heterocycles. The molecule has 0 N–H and O–H groups in total. The van der Waals surface area contributed by atoms with Crippen molar-refractivity contribution in [3.8, 4) is 0 Å². The van der Waals surface area contributed by atoms with Crippen LogP contribution in [0.1, 0.15) is 38.4 Å². The van der Waals surface area contributed by atoms with Crippen molar-refractivity contribution >= 4 is 17.7 Å². The molecule has 1 amide bonds. The lowest BCUT2D eigenvalue weighted by Crippen LogP contribution is -2.36. The van der Waals surface area contributed by atoms with E-state index in [1.54, 1.807) is 11.0 Å². The highest BCUT2D eigenvalue weighted by Crippen LogP contribution is 2.21. The van der Waals surface area contributed by atoms with E-state index in [2.05, 4.69) is 4.98 Å². The number of nitrogens with zero attached hydrogens (tertiary/aromatic N) is 2. The van der Waals surface area contributed by atoms with Crippen LogP contribution < -0.4 is 0 Å². The minimum atomic E-state index is -0.468. The Bertz CT molecular complexity index is 483. The van der Waals surface area contributed by atoms with Gasteiger partial charge in [0, 0.05) is 12.2 Å². The topological polar surface area (TPSA) is 42.4 Å². The van der Waals surface area contributed by atoms with Crippen molar-refractivity contribution in [2.24, 2.45) is 0 Å². The van der Waals surface area contributed by atoms with Crippen molar-refractivity contribution in [3.63, 3.8) is 0 Å². The maximum atomic E-state index is 12.1. The maximum Gasteiger partial charge on any atom is 0.410 e. The molecule has 0 bridgehead atoms. The van der Waals surface area contributed by atoms with Gasteiger partial charge < -0.3 is 9.64 Å². The highest BCUT2D eigenvalue weighted by Gasteiger charge is 2.24. The minimum absolute atomic E-state index is 0.268. The number of aromatic nitrogens is 1. The molecule has 0 aromatic carbocycles. The van der Waals surface area contributed by atoms with E-state index in [1.165, 1.54) is 0 Å². The molecular weight excluding hydrogens is 264 g/mol. The van der Waals surface area contributed by atoms with Crippen LogP contribution in [0.2, 0.25) is 5.15 Å². The molecule has 0 spiro atoms. The molecular formula is C14H19ClN2O2. The number of rotatable bonds is 0. The van der Waals surface area contributed by atoms with Gasteiger partial charge in [0.1, 0.15) is 10.8 Å². The molecule has 1 aliphatic heterocycles. The SMILES string of the molecule is CC(C)(C)OC(=O)N1CCCc2nc(Cl)ccc2C1. The smallest absolute Gasteiger partial charge is 0.410 e. The van der Waals surface area contributed by atoms with Gasteiger partial charge in [-0.3, -0.25) is 0 Å². The normalized spacial score (nSPS) is 15.7. The van der Waals surface area contributed by atoms with Crippen LogP contribution in [0.5, 0.6) is 0 Å². The molecule has 0 aliphatic carbocycles. The Hall–Kier alpha value is -1.29. The van der Waals surface area contributed by atoms with Crippen molar-refractivity contribution in [1.82, 2.24) is 9.88 Å². The van der Waals surface area contributed by atoms with E-state index < -0.39 is 5.60 Å².